The molecule has 4 rings (SSSR count). The van der Waals surface area contributed by atoms with E-state index in [9.17, 15) is 36.0 Å². The first-order chi connectivity index (χ1) is 20.5. The number of nitrogens with one attached hydrogen (secondary N) is 1. The Bertz CT molecular complexity index is 1940. The summed E-state index contributed by atoms with van der Waals surface area (Å²) < 4.78 is 84.7. The molecule has 2 aromatic carbocycles. The SMILES string of the molecule is Cc1ccc(S(=O)(=O)OC[C@@H](COP(=O)(O)O)O[C@H](COS(=O)(=O)c2ccc(C)cc2)n2cnc3c(=O)[nH]c(N)nc32)cc1. The zero-order chi connectivity index (χ0) is 32.3. The van der Waals surface area contributed by atoms with Crippen molar-refractivity contribution in [3.63, 3.8) is 0 Å². The second-order valence-corrected chi connectivity index (χ2v) is 13.8. The van der Waals surface area contributed by atoms with E-state index in [1.807, 2.05) is 0 Å². The fraction of sp³-hybridized carbons (Fsp3) is 0.292. The van der Waals surface area contributed by atoms with E-state index in [0.29, 0.717) is 0 Å². The number of imidazole rings is 1. The van der Waals surface area contributed by atoms with Gasteiger partial charge in [0, 0.05) is 0 Å². The average molecular weight is 674 g/mol. The summed E-state index contributed by atoms with van der Waals surface area (Å²) >= 11 is 0. The first-order valence-electron chi connectivity index (χ1n) is 12.5. The molecule has 238 valence electrons. The predicted molar refractivity (Wildman–Crippen MR) is 153 cm³/mol. The van der Waals surface area contributed by atoms with Gasteiger partial charge in [0.2, 0.25) is 5.95 Å². The van der Waals surface area contributed by atoms with Crippen LogP contribution in [0.25, 0.3) is 11.2 Å². The normalized spacial score (nSPS) is 14.1. The molecule has 5 N–H and O–H groups in total. The monoisotopic (exact) mass is 673 g/mol. The molecule has 2 heterocycles. The Labute approximate surface area is 251 Å². The summed E-state index contributed by atoms with van der Waals surface area (Å²) in [5.74, 6) is -0.315. The summed E-state index contributed by atoms with van der Waals surface area (Å²) in [5.41, 5.74) is 6.13. The van der Waals surface area contributed by atoms with Crippen molar-refractivity contribution in [2.24, 2.45) is 0 Å². The third-order valence-electron chi connectivity index (χ3n) is 5.93. The Balaban J connectivity index is 1.67. The lowest BCUT2D eigenvalue weighted by Gasteiger charge is -2.25. The number of nitrogen functional groups attached to an aromatic ring is 1. The summed E-state index contributed by atoms with van der Waals surface area (Å²) in [4.78, 5) is 40.7. The van der Waals surface area contributed by atoms with Crippen LogP contribution in [-0.4, -0.2) is 72.1 Å². The number of ether oxygens (including phenoxy) is 1. The summed E-state index contributed by atoms with van der Waals surface area (Å²) in [5, 5.41) is 0. The second-order valence-electron chi connectivity index (χ2n) is 9.38. The molecule has 0 aliphatic rings. The quantitative estimate of drug-likeness (QED) is 0.108. The first kappa shape index (κ1) is 33.4. The number of aromatic amines is 1. The van der Waals surface area contributed by atoms with Gasteiger partial charge < -0.3 is 20.3 Å². The maximum absolute atomic E-state index is 12.9. The highest BCUT2D eigenvalue weighted by molar-refractivity contribution is 7.87. The van der Waals surface area contributed by atoms with Crippen LogP contribution in [0.3, 0.4) is 0 Å². The topological polar surface area (TPSA) is 252 Å². The van der Waals surface area contributed by atoms with Crippen LogP contribution in [-0.2, 0) is 42.4 Å². The molecule has 2 aromatic heterocycles. The van der Waals surface area contributed by atoms with E-state index in [4.69, 9.17) is 18.8 Å². The fourth-order valence-corrected chi connectivity index (χ4v) is 5.93. The van der Waals surface area contributed by atoms with Gasteiger partial charge in [-0.05, 0) is 38.1 Å². The van der Waals surface area contributed by atoms with Crippen molar-refractivity contribution in [3.8, 4) is 0 Å². The van der Waals surface area contributed by atoms with Crippen molar-refractivity contribution in [3.05, 3.63) is 76.3 Å². The molecular formula is C24H28N5O12PS2. The van der Waals surface area contributed by atoms with Gasteiger partial charge in [-0.2, -0.15) is 21.8 Å². The minimum atomic E-state index is -5.09. The molecule has 0 fully saturated rings. The van der Waals surface area contributed by atoms with Gasteiger partial charge in [0.05, 0.1) is 29.3 Å². The van der Waals surface area contributed by atoms with Crippen molar-refractivity contribution in [2.75, 3.05) is 25.6 Å². The molecule has 17 nitrogen and oxygen atoms in total. The molecule has 0 aliphatic carbocycles. The standard InChI is InChI=1S/C24H28N5O12PS2/c1-15-3-7-18(8-4-15)43(34,35)39-12-17(11-38-42(31,32)33)41-20(13-40-44(36,37)19-9-5-16(2)6-10-19)29-14-26-21-22(29)27-24(25)28-23(21)30/h3-10,14,17,20H,11-13H2,1-2H3,(H2,31,32,33)(H3,25,27,28,30)/t17-,20-/m1/s1. The highest BCUT2D eigenvalue weighted by Gasteiger charge is 2.29. The van der Waals surface area contributed by atoms with Crippen molar-refractivity contribution in [1.82, 2.24) is 19.5 Å². The molecule has 0 spiro atoms. The number of benzene rings is 2. The van der Waals surface area contributed by atoms with Crippen molar-refractivity contribution >= 4 is 45.2 Å². The minimum Gasteiger partial charge on any atom is -0.369 e. The Morgan fingerprint density at radius 1 is 0.909 bits per heavy atom. The van der Waals surface area contributed by atoms with Gasteiger partial charge in [-0.1, -0.05) is 35.4 Å². The average Bonchev–Trinajstić information content (AvgIpc) is 3.36. The maximum Gasteiger partial charge on any atom is 0.469 e. The Hall–Kier alpha value is -3.52. The molecule has 20 heteroatoms. The van der Waals surface area contributed by atoms with E-state index in [1.54, 1.807) is 26.0 Å². The third-order valence-corrected chi connectivity index (χ3v) is 9.01. The van der Waals surface area contributed by atoms with Gasteiger partial charge in [0.15, 0.2) is 17.4 Å². The van der Waals surface area contributed by atoms with E-state index in [1.165, 1.54) is 36.4 Å². The first-order valence-corrected chi connectivity index (χ1v) is 16.9. The number of nitrogens with two attached hydrogens (primary N) is 1. The van der Waals surface area contributed by atoms with Gasteiger partial charge in [-0.25, -0.2) is 9.55 Å². The largest absolute Gasteiger partial charge is 0.469 e. The molecule has 2 atom stereocenters. The number of hydrogen-bond donors (Lipinski definition) is 4. The molecule has 4 aromatic rings. The van der Waals surface area contributed by atoms with Crippen molar-refractivity contribution in [2.45, 2.75) is 36.0 Å². The van der Waals surface area contributed by atoms with Crippen molar-refractivity contribution < 1.29 is 48.8 Å². The summed E-state index contributed by atoms with van der Waals surface area (Å²) in [6, 6.07) is 11.4. The van der Waals surface area contributed by atoms with Gasteiger partial charge >= 0.3 is 7.82 Å². The molecule has 0 saturated heterocycles. The summed E-state index contributed by atoms with van der Waals surface area (Å²) in [6.07, 6.45) is -2.08. The van der Waals surface area contributed by atoms with E-state index in [-0.39, 0.29) is 26.9 Å². The highest BCUT2D eigenvalue weighted by Crippen LogP contribution is 2.36. The number of aryl methyl sites for hydroxylation is 2. The van der Waals surface area contributed by atoms with Crippen LogP contribution in [0.2, 0.25) is 0 Å². The van der Waals surface area contributed by atoms with Crippen LogP contribution >= 0.6 is 7.82 Å². The molecular weight excluding hydrogens is 645 g/mol. The van der Waals surface area contributed by atoms with Crippen LogP contribution in [0.5, 0.6) is 0 Å². The zero-order valence-corrected chi connectivity index (χ0v) is 25.7. The number of anilines is 1. The molecule has 44 heavy (non-hydrogen) atoms. The molecule has 0 unspecified atom stereocenters. The maximum atomic E-state index is 12.9. The number of H-pyrrole nitrogens is 1. The summed E-state index contributed by atoms with van der Waals surface area (Å²) in [7, 11) is -13.9. The van der Waals surface area contributed by atoms with Crippen LogP contribution in [0, 0.1) is 13.8 Å². The Morgan fingerprint density at radius 2 is 1.43 bits per heavy atom. The van der Waals surface area contributed by atoms with E-state index < -0.39 is 65.8 Å². The van der Waals surface area contributed by atoms with Crippen LogP contribution in [0.15, 0.2) is 69.4 Å². The Morgan fingerprint density at radius 3 is 1.95 bits per heavy atom. The lowest BCUT2D eigenvalue weighted by Crippen LogP contribution is -2.32. The van der Waals surface area contributed by atoms with E-state index >= 15 is 0 Å². The van der Waals surface area contributed by atoms with Crippen LogP contribution < -0.4 is 11.3 Å². The van der Waals surface area contributed by atoms with Gasteiger partial charge in [0.25, 0.3) is 25.8 Å². The number of fused-ring (bicyclic) bond motifs is 1. The highest BCUT2D eigenvalue weighted by atomic mass is 32.2. The van der Waals surface area contributed by atoms with Gasteiger partial charge in [-0.15, -0.1) is 0 Å². The van der Waals surface area contributed by atoms with Gasteiger partial charge in [-0.3, -0.25) is 27.2 Å². The van der Waals surface area contributed by atoms with Crippen LogP contribution in [0.1, 0.15) is 17.4 Å². The van der Waals surface area contributed by atoms with Crippen LogP contribution in [0.4, 0.5) is 5.95 Å². The summed E-state index contributed by atoms with van der Waals surface area (Å²) in [6.45, 7) is 0.926. The Kier molecular flexibility index (Phi) is 10.0. The lowest BCUT2D eigenvalue weighted by atomic mass is 10.2. The minimum absolute atomic E-state index is 0.171. The smallest absolute Gasteiger partial charge is 0.369 e. The number of rotatable bonds is 14. The second kappa shape index (κ2) is 13.2. The number of hydrogen-bond acceptors (Lipinski definition) is 13. The number of nitrogens with zero attached hydrogens (tertiary/aromatic N) is 3. The lowest BCUT2D eigenvalue weighted by molar-refractivity contribution is -0.101. The van der Waals surface area contributed by atoms with E-state index in [0.717, 1.165) is 22.0 Å². The molecule has 0 amide bonds. The molecule has 0 saturated carbocycles. The predicted octanol–water partition coefficient (Wildman–Crippen LogP) is 1.12. The van der Waals surface area contributed by atoms with Crippen molar-refractivity contribution in [1.29, 1.82) is 0 Å². The number of aromatic nitrogens is 4. The molecule has 0 aliphatic heterocycles. The number of phosphoric ester groups is 1. The van der Waals surface area contributed by atoms with Gasteiger partial charge in [0.1, 0.15) is 12.7 Å². The molecule has 0 bridgehead atoms. The van der Waals surface area contributed by atoms with E-state index in [2.05, 4.69) is 19.5 Å². The molecule has 0 radical (unpaired) electrons. The fourth-order valence-electron chi connectivity index (χ4n) is 3.73. The zero-order valence-electron chi connectivity index (χ0n) is 23.1. The third kappa shape index (κ3) is 8.56. The number of phosphoric acid groups is 1.